The average Bonchev–Trinajstić information content (AvgIpc) is 3.21. The second kappa shape index (κ2) is 6.80. The van der Waals surface area contributed by atoms with E-state index in [2.05, 4.69) is 41.3 Å². The van der Waals surface area contributed by atoms with Gasteiger partial charge in [0.25, 0.3) is 0 Å². The first-order valence-corrected chi connectivity index (χ1v) is 8.26. The molecule has 1 saturated heterocycles. The van der Waals surface area contributed by atoms with Gasteiger partial charge in [-0.05, 0) is 33.6 Å². The largest absolute Gasteiger partial charge is 0.372 e. The van der Waals surface area contributed by atoms with Crippen LogP contribution in [-0.4, -0.2) is 43.2 Å². The van der Waals surface area contributed by atoms with Crippen molar-refractivity contribution in [1.82, 2.24) is 29.9 Å². The van der Waals surface area contributed by atoms with Crippen molar-refractivity contribution in [3.63, 3.8) is 0 Å². The molecule has 0 radical (unpaired) electrons. The summed E-state index contributed by atoms with van der Waals surface area (Å²) in [5.41, 5.74) is 3.50. The average molecular weight is 318 g/mol. The molecule has 1 N–H and O–H groups in total. The van der Waals surface area contributed by atoms with Gasteiger partial charge in [0.2, 0.25) is 0 Å². The van der Waals surface area contributed by atoms with Crippen molar-refractivity contribution in [2.45, 2.75) is 58.3 Å². The Morgan fingerprint density at radius 3 is 2.91 bits per heavy atom. The summed E-state index contributed by atoms with van der Waals surface area (Å²) in [4.78, 5) is 3.98. The minimum atomic E-state index is 0.0949. The summed E-state index contributed by atoms with van der Waals surface area (Å²) in [6, 6.07) is 0.730. The number of hydrogen-bond acceptors (Lipinski definition) is 5. The van der Waals surface area contributed by atoms with E-state index >= 15 is 0 Å². The fourth-order valence-electron chi connectivity index (χ4n) is 3.37. The Morgan fingerprint density at radius 1 is 1.43 bits per heavy atom. The summed E-state index contributed by atoms with van der Waals surface area (Å²) in [6.07, 6.45) is 5.48. The van der Waals surface area contributed by atoms with Crippen molar-refractivity contribution < 1.29 is 4.74 Å². The van der Waals surface area contributed by atoms with Gasteiger partial charge in [-0.15, -0.1) is 0 Å². The third-order valence-corrected chi connectivity index (χ3v) is 4.70. The minimum absolute atomic E-state index is 0.0949. The van der Waals surface area contributed by atoms with Crippen LogP contribution < -0.4 is 5.32 Å². The Kier molecular flexibility index (Phi) is 4.77. The molecule has 23 heavy (non-hydrogen) atoms. The monoisotopic (exact) mass is 318 g/mol. The number of ether oxygens (including phenoxy) is 1. The number of nitrogens with zero attached hydrogens (tertiary/aromatic N) is 5. The van der Waals surface area contributed by atoms with E-state index in [4.69, 9.17) is 4.74 Å². The molecule has 0 aromatic carbocycles. The maximum Gasteiger partial charge on any atom is 0.137 e. The zero-order valence-corrected chi connectivity index (χ0v) is 14.4. The molecule has 3 atom stereocenters. The maximum absolute atomic E-state index is 6.03. The molecule has 7 nitrogen and oxygen atoms in total. The Balaban J connectivity index is 1.62. The van der Waals surface area contributed by atoms with Gasteiger partial charge in [0.15, 0.2) is 0 Å². The van der Waals surface area contributed by atoms with E-state index < -0.39 is 0 Å². The fraction of sp³-hybridized carbons (Fsp3) is 0.688. The fourth-order valence-corrected chi connectivity index (χ4v) is 3.37. The van der Waals surface area contributed by atoms with E-state index in [9.17, 15) is 0 Å². The predicted octanol–water partition coefficient (Wildman–Crippen LogP) is 1.53. The standard InChI is InChI=1S/C16H26N6O/c1-11(5-7-22-10-17-9-18-22)19-14-6-8-23-16(14)15-12(2)20-21(4)13(15)3/h9-11,14,16,19H,5-8H2,1-4H3/t11-,14-,16-/m0/s1. The summed E-state index contributed by atoms with van der Waals surface area (Å²) in [6.45, 7) is 8.07. The molecule has 2 aromatic rings. The van der Waals surface area contributed by atoms with Gasteiger partial charge in [0.1, 0.15) is 18.8 Å². The van der Waals surface area contributed by atoms with E-state index in [1.54, 1.807) is 12.7 Å². The second-order valence-corrected chi connectivity index (χ2v) is 6.41. The van der Waals surface area contributed by atoms with E-state index in [1.807, 2.05) is 16.4 Å². The first-order chi connectivity index (χ1) is 11.1. The molecule has 0 amide bonds. The zero-order valence-electron chi connectivity index (χ0n) is 14.4. The Hall–Kier alpha value is -1.73. The van der Waals surface area contributed by atoms with Crippen molar-refractivity contribution in [2.75, 3.05) is 6.61 Å². The van der Waals surface area contributed by atoms with Crippen molar-refractivity contribution in [3.05, 3.63) is 29.6 Å². The molecule has 0 saturated carbocycles. The van der Waals surface area contributed by atoms with Crippen molar-refractivity contribution in [2.24, 2.45) is 7.05 Å². The molecular weight excluding hydrogens is 292 g/mol. The molecule has 126 valence electrons. The lowest BCUT2D eigenvalue weighted by Gasteiger charge is -2.24. The quantitative estimate of drug-likeness (QED) is 0.874. The van der Waals surface area contributed by atoms with Gasteiger partial charge in [0.05, 0.1) is 5.69 Å². The molecule has 7 heteroatoms. The lowest BCUT2D eigenvalue weighted by Crippen LogP contribution is -2.39. The van der Waals surface area contributed by atoms with E-state index in [0.717, 1.165) is 31.7 Å². The highest BCUT2D eigenvalue weighted by atomic mass is 16.5. The van der Waals surface area contributed by atoms with Crippen LogP contribution in [0.1, 0.15) is 42.8 Å². The Bertz CT molecular complexity index is 635. The van der Waals surface area contributed by atoms with Crippen LogP contribution in [0.4, 0.5) is 0 Å². The van der Waals surface area contributed by atoms with Crippen molar-refractivity contribution in [1.29, 1.82) is 0 Å². The first kappa shape index (κ1) is 16.1. The van der Waals surface area contributed by atoms with Crippen LogP contribution in [0.15, 0.2) is 12.7 Å². The van der Waals surface area contributed by atoms with Crippen LogP contribution >= 0.6 is 0 Å². The molecule has 1 aliphatic rings. The maximum atomic E-state index is 6.03. The molecule has 1 aliphatic heterocycles. The minimum Gasteiger partial charge on any atom is -0.372 e. The lowest BCUT2D eigenvalue weighted by atomic mass is 9.99. The van der Waals surface area contributed by atoms with Crippen LogP contribution in [0, 0.1) is 13.8 Å². The summed E-state index contributed by atoms with van der Waals surface area (Å²) in [7, 11) is 1.99. The van der Waals surface area contributed by atoms with E-state index in [0.29, 0.717) is 12.1 Å². The molecule has 3 heterocycles. The second-order valence-electron chi connectivity index (χ2n) is 6.41. The van der Waals surface area contributed by atoms with Gasteiger partial charge in [-0.25, -0.2) is 4.98 Å². The predicted molar refractivity (Wildman–Crippen MR) is 87.0 cm³/mol. The third-order valence-electron chi connectivity index (χ3n) is 4.70. The lowest BCUT2D eigenvalue weighted by molar-refractivity contribution is 0.0953. The molecule has 3 rings (SSSR count). The molecule has 0 aliphatic carbocycles. The smallest absolute Gasteiger partial charge is 0.137 e. The SMILES string of the molecule is Cc1nn(C)c(C)c1[C@H]1OCC[C@@H]1N[C@@H](C)CCn1cncn1. The zero-order chi connectivity index (χ0) is 16.4. The molecular formula is C16H26N6O. The van der Waals surface area contributed by atoms with Gasteiger partial charge in [-0.3, -0.25) is 9.36 Å². The van der Waals surface area contributed by atoms with Gasteiger partial charge >= 0.3 is 0 Å². The number of hydrogen-bond donors (Lipinski definition) is 1. The highest BCUT2D eigenvalue weighted by molar-refractivity contribution is 5.29. The van der Waals surface area contributed by atoms with Gasteiger partial charge in [-0.1, -0.05) is 0 Å². The van der Waals surface area contributed by atoms with Crippen LogP contribution in [0.5, 0.6) is 0 Å². The van der Waals surface area contributed by atoms with Gasteiger partial charge in [-0.2, -0.15) is 10.2 Å². The highest BCUT2D eigenvalue weighted by Crippen LogP contribution is 2.33. The third kappa shape index (κ3) is 3.45. The number of aromatic nitrogens is 5. The topological polar surface area (TPSA) is 69.8 Å². The van der Waals surface area contributed by atoms with Gasteiger partial charge < -0.3 is 10.1 Å². The summed E-state index contributed by atoms with van der Waals surface area (Å²) in [5, 5.41) is 12.4. The molecule has 0 bridgehead atoms. The van der Waals surface area contributed by atoms with E-state index in [-0.39, 0.29) is 6.10 Å². The van der Waals surface area contributed by atoms with E-state index in [1.165, 1.54) is 11.3 Å². The first-order valence-electron chi connectivity index (χ1n) is 8.26. The summed E-state index contributed by atoms with van der Waals surface area (Å²) < 4.78 is 9.85. The summed E-state index contributed by atoms with van der Waals surface area (Å²) in [5.74, 6) is 0. The van der Waals surface area contributed by atoms with Crippen LogP contribution in [0.2, 0.25) is 0 Å². The Morgan fingerprint density at radius 2 is 2.26 bits per heavy atom. The van der Waals surface area contributed by atoms with Crippen molar-refractivity contribution in [3.8, 4) is 0 Å². The van der Waals surface area contributed by atoms with Crippen LogP contribution in [-0.2, 0) is 18.3 Å². The van der Waals surface area contributed by atoms with Gasteiger partial charge in [0, 0.05) is 43.5 Å². The number of nitrogens with one attached hydrogen (secondary N) is 1. The summed E-state index contributed by atoms with van der Waals surface area (Å²) >= 11 is 0. The van der Waals surface area contributed by atoms with Crippen LogP contribution in [0.3, 0.4) is 0 Å². The Labute approximate surface area is 137 Å². The van der Waals surface area contributed by atoms with Crippen molar-refractivity contribution >= 4 is 0 Å². The molecule has 1 fully saturated rings. The molecule has 0 spiro atoms. The number of aryl methyl sites for hydroxylation is 3. The van der Waals surface area contributed by atoms with Crippen LogP contribution in [0.25, 0.3) is 0 Å². The highest BCUT2D eigenvalue weighted by Gasteiger charge is 2.34. The molecule has 0 unspecified atom stereocenters. The molecule has 2 aromatic heterocycles. The normalized spacial score (nSPS) is 22.6. The number of rotatable bonds is 6.